The SMILES string of the molecule is CN=C(NCCCCSC)NCCOCc1ccccc1OC.I. The number of benzene rings is 1. The minimum absolute atomic E-state index is 0. The standard InChI is InChI=1S/C17H29N3O2S.HI/c1-18-17(19-10-6-7-13-23-3)20-11-12-22-14-15-8-4-5-9-16(15)21-2;/h4-5,8-9H,6-7,10-14H2,1-3H3,(H2,18,19,20);1H. The van der Waals surface area contributed by atoms with Gasteiger partial charge in [0.25, 0.3) is 0 Å². The molecule has 0 aliphatic carbocycles. The molecule has 0 radical (unpaired) electrons. The summed E-state index contributed by atoms with van der Waals surface area (Å²) in [7, 11) is 3.46. The summed E-state index contributed by atoms with van der Waals surface area (Å²) in [6, 6.07) is 7.90. The van der Waals surface area contributed by atoms with Gasteiger partial charge >= 0.3 is 0 Å². The number of guanidine groups is 1. The topological polar surface area (TPSA) is 54.9 Å². The molecule has 0 amide bonds. The molecule has 0 spiro atoms. The fourth-order valence-corrected chi connectivity index (χ4v) is 2.54. The molecule has 0 atom stereocenters. The molecule has 1 aromatic rings. The van der Waals surface area contributed by atoms with Gasteiger partial charge in [0, 0.05) is 25.7 Å². The molecular formula is C17H30IN3O2S. The summed E-state index contributed by atoms with van der Waals surface area (Å²) in [6.07, 6.45) is 4.53. The van der Waals surface area contributed by atoms with E-state index in [1.54, 1.807) is 14.2 Å². The third-order valence-corrected chi connectivity index (χ3v) is 3.98. The minimum Gasteiger partial charge on any atom is -0.496 e. The molecule has 24 heavy (non-hydrogen) atoms. The molecule has 7 heteroatoms. The molecule has 1 aromatic carbocycles. The van der Waals surface area contributed by atoms with E-state index in [9.17, 15) is 0 Å². The Morgan fingerprint density at radius 3 is 2.62 bits per heavy atom. The second-order valence-electron chi connectivity index (χ2n) is 4.99. The summed E-state index contributed by atoms with van der Waals surface area (Å²) >= 11 is 1.89. The number of aliphatic imine (C=N–C) groups is 1. The quantitative estimate of drug-likeness (QED) is 0.227. The zero-order valence-corrected chi connectivity index (χ0v) is 18.0. The lowest BCUT2D eigenvalue weighted by Crippen LogP contribution is -2.39. The number of nitrogens with one attached hydrogen (secondary N) is 2. The largest absolute Gasteiger partial charge is 0.496 e. The molecule has 5 nitrogen and oxygen atoms in total. The molecule has 0 unspecified atom stereocenters. The molecule has 0 aliphatic heterocycles. The van der Waals surface area contributed by atoms with Crippen molar-refractivity contribution in [2.75, 3.05) is 45.9 Å². The van der Waals surface area contributed by atoms with Crippen molar-refractivity contribution >= 4 is 41.7 Å². The fraction of sp³-hybridized carbons (Fsp3) is 0.588. The van der Waals surface area contributed by atoms with Crippen molar-refractivity contribution in [3.63, 3.8) is 0 Å². The number of methoxy groups -OCH3 is 1. The maximum Gasteiger partial charge on any atom is 0.191 e. The average Bonchev–Trinajstić information content (AvgIpc) is 2.59. The van der Waals surface area contributed by atoms with E-state index in [4.69, 9.17) is 9.47 Å². The van der Waals surface area contributed by atoms with Gasteiger partial charge in [0.1, 0.15) is 5.75 Å². The van der Waals surface area contributed by atoms with Gasteiger partial charge in [-0.3, -0.25) is 4.99 Å². The highest BCUT2D eigenvalue weighted by molar-refractivity contribution is 14.0. The van der Waals surface area contributed by atoms with Gasteiger partial charge in [-0.1, -0.05) is 18.2 Å². The van der Waals surface area contributed by atoms with Crippen LogP contribution in [-0.2, 0) is 11.3 Å². The first-order valence-electron chi connectivity index (χ1n) is 7.95. The average molecular weight is 467 g/mol. The van der Waals surface area contributed by atoms with Crippen LogP contribution < -0.4 is 15.4 Å². The van der Waals surface area contributed by atoms with Gasteiger partial charge in [-0.15, -0.1) is 24.0 Å². The van der Waals surface area contributed by atoms with Crippen LogP contribution in [0.1, 0.15) is 18.4 Å². The van der Waals surface area contributed by atoms with Gasteiger partial charge < -0.3 is 20.1 Å². The van der Waals surface area contributed by atoms with E-state index in [1.165, 1.54) is 12.2 Å². The fourth-order valence-electron chi connectivity index (χ4n) is 2.04. The molecule has 0 saturated carbocycles. The highest BCUT2D eigenvalue weighted by atomic mass is 127. The second-order valence-corrected chi connectivity index (χ2v) is 5.98. The summed E-state index contributed by atoms with van der Waals surface area (Å²) in [5.41, 5.74) is 1.06. The lowest BCUT2D eigenvalue weighted by molar-refractivity contribution is 0.123. The van der Waals surface area contributed by atoms with E-state index in [-0.39, 0.29) is 24.0 Å². The van der Waals surface area contributed by atoms with Gasteiger partial charge in [0.15, 0.2) is 5.96 Å². The zero-order valence-electron chi connectivity index (χ0n) is 14.8. The van der Waals surface area contributed by atoms with Crippen LogP contribution in [0.25, 0.3) is 0 Å². The van der Waals surface area contributed by atoms with E-state index < -0.39 is 0 Å². The maximum atomic E-state index is 5.69. The Hall–Kier alpha value is -0.670. The number of hydrogen-bond donors (Lipinski definition) is 2. The van der Waals surface area contributed by atoms with E-state index in [0.717, 1.165) is 36.8 Å². The number of nitrogens with zero attached hydrogens (tertiary/aromatic N) is 1. The van der Waals surface area contributed by atoms with E-state index in [2.05, 4.69) is 21.9 Å². The predicted molar refractivity (Wildman–Crippen MR) is 115 cm³/mol. The number of hydrogen-bond acceptors (Lipinski definition) is 4. The molecule has 1 rings (SSSR count). The molecule has 0 heterocycles. The first-order chi connectivity index (χ1) is 11.3. The smallest absolute Gasteiger partial charge is 0.191 e. The van der Waals surface area contributed by atoms with Crippen LogP contribution in [0.4, 0.5) is 0 Å². The minimum atomic E-state index is 0. The van der Waals surface area contributed by atoms with Gasteiger partial charge in [0.05, 0.1) is 20.3 Å². The highest BCUT2D eigenvalue weighted by Crippen LogP contribution is 2.17. The summed E-state index contributed by atoms with van der Waals surface area (Å²) in [4.78, 5) is 4.20. The zero-order chi connectivity index (χ0) is 16.8. The van der Waals surface area contributed by atoms with Crippen LogP contribution in [0.3, 0.4) is 0 Å². The molecular weight excluding hydrogens is 437 g/mol. The molecule has 2 N–H and O–H groups in total. The van der Waals surface area contributed by atoms with Gasteiger partial charge in [0.2, 0.25) is 0 Å². The summed E-state index contributed by atoms with van der Waals surface area (Å²) < 4.78 is 11.0. The Morgan fingerprint density at radius 2 is 1.92 bits per heavy atom. The molecule has 138 valence electrons. The molecule has 0 aliphatic rings. The number of ether oxygens (including phenoxy) is 2. The van der Waals surface area contributed by atoms with Crippen LogP contribution >= 0.6 is 35.7 Å². The number of para-hydroxylation sites is 1. The van der Waals surface area contributed by atoms with Crippen LogP contribution in [0.5, 0.6) is 5.75 Å². The Labute approximate surface area is 167 Å². The van der Waals surface area contributed by atoms with Crippen LogP contribution in [0, 0.1) is 0 Å². The van der Waals surface area contributed by atoms with Crippen molar-refractivity contribution in [1.29, 1.82) is 0 Å². The highest BCUT2D eigenvalue weighted by Gasteiger charge is 2.01. The Kier molecular flexibility index (Phi) is 15.4. The molecule has 0 fully saturated rings. The second kappa shape index (κ2) is 15.8. The maximum absolute atomic E-state index is 5.69. The lowest BCUT2D eigenvalue weighted by atomic mass is 10.2. The first-order valence-corrected chi connectivity index (χ1v) is 9.34. The number of halogens is 1. The third kappa shape index (κ3) is 10.2. The van der Waals surface area contributed by atoms with Crippen molar-refractivity contribution in [2.24, 2.45) is 4.99 Å². The van der Waals surface area contributed by atoms with Crippen molar-refractivity contribution < 1.29 is 9.47 Å². The number of thioether (sulfide) groups is 1. The van der Waals surface area contributed by atoms with Gasteiger partial charge in [-0.25, -0.2) is 0 Å². The van der Waals surface area contributed by atoms with E-state index in [0.29, 0.717) is 13.2 Å². The van der Waals surface area contributed by atoms with Crippen molar-refractivity contribution in [2.45, 2.75) is 19.4 Å². The number of unbranched alkanes of at least 4 members (excludes halogenated alkanes) is 1. The van der Waals surface area contributed by atoms with Crippen LogP contribution in [0.15, 0.2) is 29.3 Å². The van der Waals surface area contributed by atoms with Crippen LogP contribution in [-0.4, -0.2) is 51.8 Å². The van der Waals surface area contributed by atoms with Gasteiger partial charge in [-0.05, 0) is 30.9 Å². The molecule has 0 aromatic heterocycles. The van der Waals surface area contributed by atoms with E-state index in [1.807, 2.05) is 36.0 Å². The van der Waals surface area contributed by atoms with Crippen LogP contribution in [0.2, 0.25) is 0 Å². The third-order valence-electron chi connectivity index (χ3n) is 3.28. The van der Waals surface area contributed by atoms with Crippen molar-refractivity contribution in [1.82, 2.24) is 10.6 Å². The Balaban J connectivity index is 0.00000529. The van der Waals surface area contributed by atoms with Crippen molar-refractivity contribution in [3.8, 4) is 5.75 Å². The summed E-state index contributed by atoms with van der Waals surface area (Å²) in [5.74, 6) is 2.91. The predicted octanol–water partition coefficient (Wildman–Crippen LogP) is 3.14. The molecule has 0 bridgehead atoms. The Morgan fingerprint density at radius 1 is 1.17 bits per heavy atom. The lowest BCUT2D eigenvalue weighted by Gasteiger charge is -2.12. The molecule has 0 saturated heterocycles. The number of rotatable bonds is 11. The van der Waals surface area contributed by atoms with E-state index >= 15 is 0 Å². The Bertz CT molecular complexity index is 461. The summed E-state index contributed by atoms with van der Waals surface area (Å²) in [6.45, 7) is 2.83. The monoisotopic (exact) mass is 467 g/mol. The normalized spacial score (nSPS) is 10.9. The van der Waals surface area contributed by atoms with Crippen molar-refractivity contribution in [3.05, 3.63) is 29.8 Å². The first kappa shape index (κ1) is 23.3. The summed E-state index contributed by atoms with van der Waals surface area (Å²) in [5, 5.41) is 6.56. The van der Waals surface area contributed by atoms with Gasteiger partial charge in [-0.2, -0.15) is 11.8 Å².